The number of rotatable bonds is 4. The minimum absolute atomic E-state index is 0.190. The molecule has 0 amide bonds. The molecule has 2 aromatic rings. The number of benzene rings is 2. The molecule has 0 aromatic heterocycles. The van der Waals surface area contributed by atoms with Crippen molar-refractivity contribution < 1.29 is 45.4 Å². The number of methoxy groups -OCH3 is 2. The van der Waals surface area contributed by atoms with Crippen LogP contribution in [0.2, 0.25) is 0 Å². The van der Waals surface area contributed by atoms with Gasteiger partial charge in [-0.3, -0.25) is 9.59 Å². The van der Waals surface area contributed by atoms with Gasteiger partial charge in [-0.25, -0.2) is 0 Å². The molecular weight excluding hydrogens is 466 g/mol. The molecule has 0 saturated heterocycles. The molecular formula is C24H22F6O4. The molecule has 0 bridgehead atoms. The van der Waals surface area contributed by atoms with Gasteiger partial charge in [-0.05, 0) is 47.9 Å². The van der Waals surface area contributed by atoms with Crippen molar-refractivity contribution in [2.24, 2.45) is 11.8 Å². The summed E-state index contributed by atoms with van der Waals surface area (Å²) < 4.78 is 85.4. The van der Waals surface area contributed by atoms with Crippen molar-refractivity contribution >= 4 is 11.9 Å². The van der Waals surface area contributed by atoms with Gasteiger partial charge in [0.2, 0.25) is 0 Å². The smallest absolute Gasteiger partial charge is 0.416 e. The number of ether oxygens (including phenoxy) is 2. The van der Waals surface area contributed by atoms with Crippen molar-refractivity contribution in [1.82, 2.24) is 0 Å². The van der Waals surface area contributed by atoms with Gasteiger partial charge in [-0.15, -0.1) is 0 Å². The van der Waals surface area contributed by atoms with Crippen LogP contribution in [0.4, 0.5) is 26.3 Å². The average Bonchev–Trinajstić information content (AvgIpc) is 3.71. The fourth-order valence-corrected chi connectivity index (χ4v) is 4.06. The molecule has 2 saturated carbocycles. The first-order chi connectivity index (χ1) is 15.9. The SMILES string of the molecule is COC(=O)C1CC1c1ccccc1C(F)(F)F.COC(=O)C1CC1c1ccccc1C(F)(F)F. The van der Waals surface area contributed by atoms with Crippen LogP contribution < -0.4 is 0 Å². The number of esters is 2. The van der Waals surface area contributed by atoms with E-state index in [1.165, 1.54) is 38.5 Å². The fraction of sp³-hybridized carbons (Fsp3) is 0.417. The van der Waals surface area contributed by atoms with E-state index in [-0.39, 0.29) is 23.0 Å². The monoisotopic (exact) mass is 488 g/mol. The minimum Gasteiger partial charge on any atom is -0.469 e. The molecule has 2 aromatic carbocycles. The molecule has 184 valence electrons. The lowest BCUT2D eigenvalue weighted by molar-refractivity contribution is -0.143. The van der Waals surface area contributed by atoms with E-state index in [2.05, 4.69) is 9.47 Å². The Hall–Kier alpha value is -3.04. The van der Waals surface area contributed by atoms with Crippen LogP contribution >= 0.6 is 0 Å². The lowest BCUT2D eigenvalue weighted by Crippen LogP contribution is -2.10. The Bertz CT molecular complexity index is 963. The first-order valence-electron chi connectivity index (χ1n) is 10.4. The van der Waals surface area contributed by atoms with Gasteiger partial charge in [0.15, 0.2) is 0 Å². The Morgan fingerprint density at radius 3 is 1.29 bits per heavy atom. The van der Waals surface area contributed by atoms with E-state index >= 15 is 0 Å². The van der Waals surface area contributed by atoms with Gasteiger partial charge in [-0.2, -0.15) is 26.3 Å². The van der Waals surface area contributed by atoms with Crippen molar-refractivity contribution in [3.63, 3.8) is 0 Å². The molecule has 4 unspecified atom stereocenters. The Kier molecular flexibility index (Phi) is 7.28. The zero-order valence-electron chi connectivity index (χ0n) is 18.2. The van der Waals surface area contributed by atoms with E-state index in [9.17, 15) is 35.9 Å². The second-order valence-corrected chi connectivity index (χ2v) is 8.11. The minimum atomic E-state index is -4.38. The van der Waals surface area contributed by atoms with Gasteiger partial charge in [0.1, 0.15) is 0 Å². The summed E-state index contributed by atoms with van der Waals surface area (Å²) in [5.74, 6) is -2.45. The lowest BCUT2D eigenvalue weighted by Gasteiger charge is -2.12. The average molecular weight is 488 g/mol. The van der Waals surface area contributed by atoms with Crippen molar-refractivity contribution in [3.8, 4) is 0 Å². The highest BCUT2D eigenvalue weighted by atomic mass is 19.4. The maximum Gasteiger partial charge on any atom is 0.416 e. The molecule has 2 fully saturated rings. The number of halogens is 6. The summed E-state index contributed by atoms with van der Waals surface area (Å²) in [5, 5.41) is 0. The molecule has 4 nitrogen and oxygen atoms in total. The Morgan fingerprint density at radius 1 is 0.676 bits per heavy atom. The zero-order valence-corrected chi connectivity index (χ0v) is 18.2. The summed E-state index contributed by atoms with van der Waals surface area (Å²) >= 11 is 0. The number of hydrogen-bond donors (Lipinski definition) is 0. The topological polar surface area (TPSA) is 52.6 Å². The summed E-state index contributed by atoms with van der Waals surface area (Å²) in [4.78, 5) is 22.4. The van der Waals surface area contributed by atoms with Gasteiger partial charge in [0, 0.05) is 0 Å². The third-order valence-electron chi connectivity index (χ3n) is 5.92. The van der Waals surface area contributed by atoms with Crippen molar-refractivity contribution in [2.45, 2.75) is 37.0 Å². The van der Waals surface area contributed by atoms with Gasteiger partial charge in [0.05, 0.1) is 37.2 Å². The molecule has 0 aliphatic heterocycles. The first kappa shape index (κ1) is 25.6. The van der Waals surface area contributed by atoms with E-state index in [4.69, 9.17) is 0 Å². The highest BCUT2D eigenvalue weighted by Crippen LogP contribution is 2.52. The molecule has 2 aliphatic carbocycles. The molecule has 10 heteroatoms. The van der Waals surface area contributed by atoms with Gasteiger partial charge >= 0.3 is 24.3 Å². The van der Waals surface area contributed by atoms with Crippen molar-refractivity contribution in [1.29, 1.82) is 0 Å². The quantitative estimate of drug-likeness (QED) is 0.394. The van der Waals surface area contributed by atoms with E-state index < -0.39 is 47.3 Å². The second kappa shape index (κ2) is 9.68. The van der Waals surface area contributed by atoms with E-state index in [1.54, 1.807) is 12.1 Å². The normalized spacial score (nSPS) is 23.3. The van der Waals surface area contributed by atoms with Gasteiger partial charge < -0.3 is 9.47 Å². The first-order valence-corrected chi connectivity index (χ1v) is 10.4. The summed E-state index contributed by atoms with van der Waals surface area (Å²) in [7, 11) is 2.49. The summed E-state index contributed by atoms with van der Waals surface area (Å²) in [5.41, 5.74) is -0.932. The van der Waals surface area contributed by atoms with E-state index in [0.29, 0.717) is 12.8 Å². The highest BCUT2D eigenvalue weighted by Gasteiger charge is 2.49. The molecule has 0 N–H and O–H groups in total. The summed E-state index contributed by atoms with van der Waals surface area (Å²) in [6.07, 6.45) is -7.89. The molecule has 34 heavy (non-hydrogen) atoms. The molecule has 4 rings (SSSR count). The van der Waals surface area contributed by atoms with Crippen LogP contribution in [0.5, 0.6) is 0 Å². The summed E-state index contributed by atoms with van der Waals surface area (Å²) in [6, 6.07) is 10.7. The summed E-state index contributed by atoms with van der Waals surface area (Å²) in [6.45, 7) is 0. The van der Waals surface area contributed by atoms with E-state index in [1.807, 2.05) is 0 Å². The zero-order chi connectivity index (χ0) is 25.3. The third kappa shape index (κ3) is 5.71. The van der Waals surface area contributed by atoms with Crippen LogP contribution in [0.15, 0.2) is 48.5 Å². The number of hydrogen-bond acceptors (Lipinski definition) is 4. The molecule has 0 heterocycles. The van der Waals surface area contributed by atoms with Crippen LogP contribution in [0.3, 0.4) is 0 Å². The van der Waals surface area contributed by atoms with Crippen LogP contribution in [0.1, 0.15) is 46.9 Å². The Morgan fingerprint density at radius 2 is 1.00 bits per heavy atom. The number of carbonyl (C=O) groups is 2. The second-order valence-electron chi connectivity index (χ2n) is 8.11. The molecule has 2 aliphatic rings. The fourth-order valence-electron chi connectivity index (χ4n) is 4.06. The predicted octanol–water partition coefficient (Wildman–Crippen LogP) is 5.96. The maximum absolute atomic E-state index is 12.7. The van der Waals surface area contributed by atoms with Crippen LogP contribution in [0, 0.1) is 11.8 Å². The Balaban J connectivity index is 0.000000191. The van der Waals surface area contributed by atoms with Crippen molar-refractivity contribution in [2.75, 3.05) is 14.2 Å². The van der Waals surface area contributed by atoms with Crippen LogP contribution in [-0.2, 0) is 31.4 Å². The lowest BCUT2D eigenvalue weighted by atomic mass is 10.0. The Labute approximate surface area is 191 Å². The highest BCUT2D eigenvalue weighted by molar-refractivity contribution is 5.78. The van der Waals surface area contributed by atoms with Crippen molar-refractivity contribution in [3.05, 3.63) is 70.8 Å². The van der Waals surface area contributed by atoms with E-state index in [0.717, 1.165) is 12.1 Å². The largest absolute Gasteiger partial charge is 0.469 e. The molecule has 0 radical (unpaired) electrons. The van der Waals surface area contributed by atoms with Gasteiger partial charge in [-0.1, -0.05) is 36.4 Å². The number of carbonyl (C=O) groups excluding carboxylic acids is 2. The predicted molar refractivity (Wildman–Crippen MR) is 109 cm³/mol. The molecule has 0 spiro atoms. The maximum atomic E-state index is 12.7. The number of alkyl halides is 6. The third-order valence-corrected chi connectivity index (χ3v) is 5.92. The van der Waals surface area contributed by atoms with Crippen LogP contribution in [0.25, 0.3) is 0 Å². The molecule has 4 atom stereocenters. The standard InChI is InChI=1S/2C12H11F3O2/c2*1-17-11(16)9-6-8(9)7-4-2-3-5-10(7)12(13,14)15/h2*2-5,8-9H,6H2,1H3. The van der Waals surface area contributed by atoms with Gasteiger partial charge in [0.25, 0.3) is 0 Å². The van der Waals surface area contributed by atoms with Crippen LogP contribution in [-0.4, -0.2) is 26.2 Å².